The highest BCUT2D eigenvalue weighted by Crippen LogP contribution is 2.55. The number of benzene rings is 6. The Bertz CT molecular complexity index is 2130. The molecule has 1 unspecified atom stereocenters. The summed E-state index contributed by atoms with van der Waals surface area (Å²) < 4.78 is 22.6. The fraction of sp³-hybridized carbons (Fsp3) is 0. The number of hydrogen-bond acceptors (Lipinski definition) is 3. The summed E-state index contributed by atoms with van der Waals surface area (Å²) in [6.45, 7) is 0. The molecule has 3 nitrogen and oxygen atoms in total. The van der Waals surface area contributed by atoms with E-state index in [1.165, 1.54) is 0 Å². The Labute approximate surface area is 225 Å². The van der Waals surface area contributed by atoms with Crippen LogP contribution in [0, 0.1) is 0 Å². The van der Waals surface area contributed by atoms with E-state index in [1.54, 1.807) is 0 Å². The molecule has 0 spiro atoms. The van der Waals surface area contributed by atoms with Crippen molar-refractivity contribution in [1.29, 1.82) is 0 Å². The van der Waals surface area contributed by atoms with Crippen molar-refractivity contribution < 1.29 is 9.30 Å². The minimum atomic E-state index is -3.34. The molecule has 7 aromatic rings. The Hall–Kier alpha value is -4.72. The Morgan fingerprint density at radius 2 is 1.28 bits per heavy atom. The van der Waals surface area contributed by atoms with Gasteiger partial charge in [0.1, 0.15) is 11.5 Å². The Kier molecular flexibility index (Phi) is 4.79. The molecule has 2 heterocycles. The second kappa shape index (κ2) is 8.39. The first kappa shape index (κ1) is 22.3. The third-order valence-corrected chi connectivity index (χ3v) is 10.9. The zero-order chi connectivity index (χ0) is 26.0. The van der Waals surface area contributed by atoms with Gasteiger partial charge in [-0.3, -0.25) is 4.98 Å². The van der Waals surface area contributed by atoms with Crippen LogP contribution in [-0.2, 0) is 4.57 Å². The van der Waals surface area contributed by atoms with Crippen LogP contribution in [0.25, 0.3) is 43.6 Å². The Balaban J connectivity index is 1.50. The second-order valence-electron chi connectivity index (χ2n) is 9.87. The van der Waals surface area contributed by atoms with Gasteiger partial charge in [0.05, 0.1) is 16.1 Å². The van der Waals surface area contributed by atoms with E-state index < -0.39 is 7.14 Å². The fourth-order valence-electron chi connectivity index (χ4n) is 6.02. The topological polar surface area (TPSA) is 39.2 Å². The van der Waals surface area contributed by atoms with Crippen LogP contribution < -0.4 is 20.7 Å². The van der Waals surface area contributed by atoms with Gasteiger partial charge in [-0.1, -0.05) is 103 Å². The average Bonchev–Trinajstić information content (AvgIpc) is 3.01. The van der Waals surface area contributed by atoms with E-state index in [2.05, 4.69) is 53.5 Å². The third-order valence-electron chi connectivity index (χ3n) is 7.76. The van der Waals surface area contributed by atoms with Crippen LogP contribution in [0.2, 0.25) is 0 Å². The molecule has 0 saturated carbocycles. The first-order valence-electron chi connectivity index (χ1n) is 13.0. The maximum absolute atomic E-state index is 15.9. The van der Waals surface area contributed by atoms with Crippen LogP contribution in [0.1, 0.15) is 0 Å². The lowest BCUT2D eigenvalue weighted by Crippen LogP contribution is -2.31. The molecule has 6 aromatic carbocycles. The van der Waals surface area contributed by atoms with Crippen molar-refractivity contribution in [3.8, 4) is 22.6 Å². The van der Waals surface area contributed by atoms with Crippen molar-refractivity contribution >= 4 is 55.5 Å². The number of rotatable bonds is 2. The van der Waals surface area contributed by atoms with Crippen LogP contribution >= 0.6 is 7.14 Å². The van der Waals surface area contributed by atoms with Gasteiger partial charge in [0.15, 0.2) is 7.14 Å². The number of hydrogen-bond donors (Lipinski definition) is 0. The zero-order valence-electron chi connectivity index (χ0n) is 20.9. The maximum atomic E-state index is 15.9. The van der Waals surface area contributed by atoms with Crippen molar-refractivity contribution in [2.24, 2.45) is 0 Å². The van der Waals surface area contributed by atoms with Crippen molar-refractivity contribution in [1.82, 2.24) is 4.98 Å². The van der Waals surface area contributed by atoms with E-state index in [1.807, 2.05) is 85.1 Å². The molecule has 0 fully saturated rings. The van der Waals surface area contributed by atoms with Gasteiger partial charge in [-0.15, -0.1) is 0 Å². The van der Waals surface area contributed by atoms with E-state index in [0.717, 1.165) is 59.5 Å². The number of aromatic nitrogens is 1. The molecule has 0 aliphatic carbocycles. The smallest absolute Gasteiger partial charge is 0.179 e. The van der Waals surface area contributed by atoms with Crippen LogP contribution in [-0.4, -0.2) is 4.98 Å². The highest BCUT2D eigenvalue weighted by Gasteiger charge is 2.41. The lowest BCUT2D eigenvalue weighted by atomic mass is 10.00. The van der Waals surface area contributed by atoms with Crippen LogP contribution in [0.3, 0.4) is 0 Å². The van der Waals surface area contributed by atoms with E-state index >= 15 is 4.57 Å². The zero-order valence-corrected chi connectivity index (χ0v) is 21.8. The number of nitrogens with zero attached hydrogens (tertiary/aromatic N) is 1. The normalized spacial score (nSPS) is 16.1. The monoisotopic (exact) mass is 519 g/mol. The predicted molar refractivity (Wildman–Crippen MR) is 162 cm³/mol. The number of ether oxygens (including phenoxy) is 1. The van der Waals surface area contributed by atoms with Crippen molar-refractivity contribution in [2.75, 3.05) is 0 Å². The van der Waals surface area contributed by atoms with E-state index in [-0.39, 0.29) is 0 Å². The molecule has 1 aliphatic heterocycles. The van der Waals surface area contributed by atoms with Gasteiger partial charge < -0.3 is 9.30 Å². The van der Waals surface area contributed by atoms with Gasteiger partial charge >= 0.3 is 0 Å². The summed E-state index contributed by atoms with van der Waals surface area (Å²) in [6.07, 6.45) is 1.81. The van der Waals surface area contributed by atoms with E-state index in [4.69, 9.17) is 4.74 Å². The first-order chi connectivity index (χ1) is 19.2. The van der Waals surface area contributed by atoms with Gasteiger partial charge in [-0.25, -0.2) is 0 Å². The SMILES string of the molecule is O=P1(c2ccccc2)c2cc(-c3cccc4ncccc34)ccc2Oc2c1c1ccccc1c1ccccc21. The van der Waals surface area contributed by atoms with Crippen LogP contribution in [0.4, 0.5) is 0 Å². The highest BCUT2D eigenvalue weighted by atomic mass is 31.2. The van der Waals surface area contributed by atoms with E-state index in [0.29, 0.717) is 11.5 Å². The molecule has 1 atom stereocenters. The largest absolute Gasteiger partial charge is 0.455 e. The summed E-state index contributed by atoms with van der Waals surface area (Å²) in [7, 11) is -3.34. The molecule has 4 heteroatoms. The third kappa shape index (κ3) is 3.17. The summed E-state index contributed by atoms with van der Waals surface area (Å²) >= 11 is 0. The summed E-state index contributed by atoms with van der Waals surface area (Å²) in [5.41, 5.74) is 2.97. The van der Waals surface area contributed by atoms with Crippen molar-refractivity contribution in [2.45, 2.75) is 0 Å². The molecule has 1 aromatic heterocycles. The second-order valence-corrected chi connectivity index (χ2v) is 12.5. The van der Waals surface area contributed by atoms with Gasteiger partial charge in [0, 0.05) is 22.3 Å². The minimum absolute atomic E-state index is 0.636. The summed E-state index contributed by atoms with van der Waals surface area (Å²) in [4.78, 5) is 4.54. The molecular weight excluding hydrogens is 497 g/mol. The molecule has 0 N–H and O–H groups in total. The highest BCUT2D eigenvalue weighted by molar-refractivity contribution is 7.86. The summed E-state index contributed by atoms with van der Waals surface area (Å²) in [5, 5.41) is 7.45. The van der Waals surface area contributed by atoms with Crippen LogP contribution in [0.15, 0.2) is 134 Å². The quantitative estimate of drug-likeness (QED) is 0.172. The number of fused-ring (bicyclic) bond motifs is 8. The van der Waals surface area contributed by atoms with E-state index in [9.17, 15) is 0 Å². The molecule has 0 saturated heterocycles. The molecule has 0 amide bonds. The molecule has 184 valence electrons. The molecule has 1 aliphatic rings. The fourth-order valence-corrected chi connectivity index (χ4v) is 9.12. The van der Waals surface area contributed by atoms with Gasteiger partial charge in [0.25, 0.3) is 0 Å². The standard InChI is InChI=1S/C35H22NO2P/c37-39(24-10-2-1-3-11-24)33-22-23(25-16-8-18-31-28(25)17-9-21-36-31)19-20-32(33)38-34-29-14-6-4-12-26(29)27-13-5-7-15-30(27)35(34)39/h1-22H. The van der Waals surface area contributed by atoms with Gasteiger partial charge in [0.2, 0.25) is 0 Å². The number of pyridine rings is 1. The summed E-state index contributed by atoms with van der Waals surface area (Å²) in [6, 6.07) is 42.6. The molecule has 0 radical (unpaired) electrons. The molecule has 0 bridgehead atoms. The van der Waals surface area contributed by atoms with Crippen molar-refractivity contribution in [3.63, 3.8) is 0 Å². The minimum Gasteiger partial charge on any atom is -0.455 e. The predicted octanol–water partition coefficient (Wildman–Crippen LogP) is 7.95. The lowest BCUT2D eigenvalue weighted by molar-refractivity contribution is 0.491. The Morgan fingerprint density at radius 3 is 2.10 bits per heavy atom. The van der Waals surface area contributed by atoms with Crippen molar-refractivity contribution in [3.05, 3.63) is 134 Å². The van der Waals surface area contributed by atoms with Gasteiger partial charge in [-0.05, 0) is 51.6 Å². The first-order valence-corrected chi connectivity index (χ1v) is 14.7. The lowest BCUT2D eigenvalue weighted by Gasteiger charge is -2.31. The van der Waals surface area contributed by atoms with Gasteiger partial charge in [-0.2, -0.15) is 0 Å². The molecule has 8 rings (SSSR count). The Morgan fingerprint density at radius 1 is 0.590 bits per heavy atom. The van der Waals surface area contributed by atoms with Crippen LogP contribution in [0.5, 0.6) is 11.5 Å². The maximum Gasteiger partial charge on any atom is 0.179 e. The molecular formula is C35H22NO2P. The molecule has 39 heavy (non-hydrogen) atoms. The summed E-state index contributed by atoms with van der Waals surface area (Å²) in [5.74, 6) is 1.32. The average molecular weight is 520 g/mol.